The molecule has 0 saturated heterocycles. The van der Waals surface area contributed by atoms with E-state index in [2.05, 4.69) is 43.8 Å². The summed E-state index contributed by atoms with van der Waals surface area (Å²) in [6, 6.07) is 6.29. The molecule has 0 atom stereocenters. The van der Waals surface area contributed by atoms with Gasteiger partial charge in [0.1, 0.15) is 5.75 Å². The van der Waals surface area contributed by atoms with Crippen LogP contribution in [0.4, 0.5) is 0 Å². The zero-order valence-electron chi connectivity index (χ0n) is 11.3. The molecule has 0 spiro atoms. The maximum Gasteiger partial charge on any atom is 0.176 e. The largest absolute Gasteiger partial charge is 0.405 e. The maximum atomic E-state index is 5.60. The highest BCUT2D eigenvalue weighted by molar-refractivity contribution is 7.93. The second kappa shape index (κ2) is 6.19. The average molecular weight is 263 g/mol. The van der Waals surface area contributed by atoms with Gasteiger partial charge < -0.3 is 8.91 Å². The molecule has 98 valence electrons. The first-order valence-corrected chi connectivity index (χ1v) is 7.28. The summed E-state index contributed by atoms with van der Waals surface area (Å²) < 4.78 is 8.73. The van der Waals surface area contributed by atoms with E-state index in [9.17, 15) is 0 Å². The summed E-state index contributed by atoms with van der Waals surface area (Å²) in [7, 11) is 0. The molecule has 1 N–H and O–H groups in total. The summed E-state index contributed by atoms with van der Waals surface area (Å²) in [6.07, 6.45) is 5.85. The van der Waals surface area contributed by atoms with E-state index in [0.29, 0.717) is 5.92 Å². The Labute approximate surface area is 114 Å². The highest BCUT2D eigenvalue weighted by Gasteiger charge is 2.07. The third-order valence-electron chi connectivity index (χ3n) is 3.31. The molecule has 0 bridgehead atoms. The quantitative estimate of drug-likeness (QED) is 0.472. The van der Waals surface area contributed by atoms with Crippen molar-refractivity contribution in [3.05, 3.63) is 41.1 Å². The molecule has 18 heavy (non-hydrogen) atoms. The van der Waals surface area contributed by atoms with E-state index in [-0.39, 0.29) is 0 Å². The Morgan fingerprint density at radius 3 is 2.67 bits per heavy atom. The Bertz CT molecular complexity index is 434. The topological polar surface area (TPSA) is 21.3 Å². The first kappa shape index (κ1) is 13.3. The van der Waals surface area contributed by atoms with Gasteiger partial charge in [0.15, 0.2) is 12.2 Å². The third-order valence-corrected chi connectivity index (χ3v) is 3.80. The molecule has 1 aromatic rings. The van der Waals surface area contributed by atoms with Crippen molar-refractivity contribution in [3.63, 3.8) is 0 Å². The van der Waals surface area contributed by atoms with Crippen molar-refractivity contribution in [2.24, 2.45) is 0 Å². The molecule has 1 aliphatic rings. The smallest absolute Gasteiger partial charge is 0.176 e. The minimum atomic E-state index is 0.563. The van der Waals surface area contributed by atoms with Gasteiger partial charge in [-0.2, -0.15) is 0 Å². The number of nitrogens with one attached hydrogen (secondary N) is 1. The van der Waals surface area contributed by atoms with Crippen LogP contribution in [0.2, 0.25) is 0 Å². The van der Waals surface area contributed by atoms with Crippen molar-refractivity contribution in [2.45, 2.75) is 46.0 Å². The fourth-order valence-electron chi connectivity index (χ4n) is 2.05. The second-order valence-corrected chi connectivity index (χ2v) is 5.68. The first-order valence-electron chi connectivity index (χ1n) is 6.54. The van der Waals surface area contributed by atoms with E-state index >= 15 is 0 Å². The first-order chi connectivity index (χ1) is 8.66. The molecule has 0 heterocycles. The zero-order valence-corrected chi connectivity index (χ0v) is 12.1. The van der Waals surface area contributed by atoms with Crippen LogP contribution in [0.3, 0.4) is 0 Å². The summed E-state index contributed by atoms with van der Waals surface area (Å²) in [5.41, 5.74) is 4.16. The minimum absolute atomic E-state index is 0.563. The van der Waals surface area contributed by atoms with Crippen LogP contribution in [0.5, 0.6) is 5.75 Å². The maximum absolute atomic E-state index is 5.60. The van der Waals surface area contributed by atoms with Gasteiger partial charge in [-0.05, 0) is 55.4 Å². The lowest BCUT2D eigenvalue weighted by Gasteiger charge is -2.15. The highest BCUT2D eigenvalue weighted by atomic mass is 32.2. The summed E-state index contributed by atoms with van der Waals surface area (Å²) in [6.45, 7) is 6.56. The summed E-state index contributed by atoms with van der Waals surface area (Å²) in [5, 5.41) is 0. The van der Waals surface area contributed by atoms with Crippen LogP contribution in [-0.4, -0.2) is 0 Å². The molecule has 3 heteroatoms. The van der Waals surface area contributed by atoms with Crippen LogP contribution in [0, 0.1) is 6.92 Å². The van der Waals surface area contributed by atoms with Crippen LogP contribution in [0.1, 0.15) is 50.2 Å². The van der Waals surface area contributed by atoms with Gasteiger partial charge in [-0.1, -0.05) is 25.5 Å². The van der Waals surface area contributed by atoms with Crippen molar-refractivity contribution < 1.29 is 4.18 Å². The summed E-state index contributed by atoms with van der Waals surface area (Å²) >= 11 is 1.28. The van der Waals surface area contributed by atoms with E-state index in [4.69, 9.17) is 4.18 Å². The Hall–Kier alpha value is -1.09. The van der Waals surface area contributed by atoms with Crippen LogP contribution < -0.4 is 8.91 Å². The van der Waals surface area contributed by atoms with Crippen LogP contribution in [0.25, 0.3) is 0 Å². The molecule has 2 nitrogen and oxygen atoms in total. The van der Waals surface area contributed by atoms with Crippen LogP contribution in [-0.2, 0) is 0 Å². The fourth-order valence-corrected chi connectivity index (χ4v) is 2.52. The Morgan fingerprint density at radius 1 is 1.33 bits per heavy atom. The predicted molar refractivity (Wildman–Crippen MR) is 78.6 cm³/mol. The summed E-state index contributed by atoms with van der Waals surface area (Å²) in [4.78, 5) is 0. The SMILES string of the molecule is Cc1cc(OSNC=C2CCC2)ccc1C(C)C. The lowest BCUT2D eigenvalue weighted by atomic mass is 9.94. The minimum Gasteiger partial charge on any atom is -0.405 e. The van der Waals surface area contributed by atoms with Crippen LogP contribution >= 0.6 is 12.2 Å². The standard InChI is InChI=1S/C15H21NOS/c1-11(2)15-8-7-14(9-12(15)3)17-18-16-10-13-5-4-6-13/h7-11,16H,4-6H2,1-3H3. The average Bonchev–Trinajstić information content (AvgIpc) is 2.26. The monoisotopic (exact) mass is 263 g/mol. The van der Waals surface area contributed by atoms with Gasteiger partial charge in [0.2, 0.25) is 0 Å². The number of hydrogen-bond donors (Lipinski definition) is 1. The molecule has 1 aromatic carbocycles. The van der Waals surface area contributed by atoms with Gasteiger partial charge in [0.05, 0.1) is 0 Å². The highest BCUT2D eigenvalue weighted by Crippen LogP contribution is 2.26. The van der Waals surface area contributed by atoms with E-state index in [0.717, 1.165) is 5.75 Å². The van der Waals surface area contributed by atoms with E-state index in [1.165, 1.54) is 48.2 Å². The van der Waals surface area contributed by atoms with Gasteiger partial charge in [-0.15, -0.1) is 0 Å². The van der Waals surface area contributed by atoms with Gasteiger partial charge in [-0.3, -0.25) is 0 Å². The van der Waals surface area contributed by atoms with Gasteiger partial charge in [0.25, 0.3) is 0 Å². The molecule has 2 rings (SSSR count). The molecule has 1 fully saturated rings. The number of benzene rings is 1. The van der Waals surface area contributed by atoms with Crippen molar-refractivity contribution in [1.82, 2.24) is 4.72 Å². The van der Waals surface area contributed by atoms with E-state index in [1.807, 2.05) is 6.07 Å². The molecule has 0 unspecified atom stereocenters. The number of allylic oxidation sites excluding steroid dienone is 1. The number of hydrogen-bond acceptors (Lipinski definition) is 3. The second-order valence-electron chi connectivity index (χ2n) is 5.11. The predicted octanol–water partition coefficient (Wildman–Crippen LogP) is 4.72. The molecule has 1 aliphatic carbocycles. The summed E-state index contributed by atoms with van der Waals surface area (Å²) in [5.74, 6) is 1.47. The van der Waals surface area contributed by atoms with Crippen molar-refractivity contribution in [2.75, 3.05) is 0 Å². The lowest BCUT2D eigenvalue weighted by Crippen LogP contribution is -2.03. The molecular formula is C15H21NOS. The molecule has 0 amide bonds. The molecule has 1 saturated carbocycles. The van der Waals surface area contributed by atoms with Crippen molar-refractivity contribution in [1.29, 1.82) is 0 Å². The Balaban J connectivity index is 1.84. The molecule has 0 aliphatic heterocycles. The zero-order chi connectivity index (χ0) is 13.0. The fraction of sp³-hybridized carbons (Fsp3) is 0.467. The molecule has 0 radical (unpaired) electrons. The van der Waals surface area contributed by atoms with Gasteiger partial charge >= 0.3 is 0 Å². The van der Waals surface area contributed by atoms with Gasteiger partial charge in [0, 0.05) is 6.20 Å². The van der Waals surface area contributed by atoms with E-state index in [1.54, 1.807) is 0 Å². The molecule has 0 aromatic heterocycles. The number of aryl methyl sites for hydroxylation is 1. The van der Waals surface area contributed by atoms with Gasteiger partial charge in [-0.25, -0.2) is 0 Å². The van der Waals surface area contributed by atoms with Crippen molar-refractivity contribution >= 4 is 12.2 Å². The van der Waals surface area contributed by atoms with Crippen LogP contribution in [0.15, 0.2) is 30.0 Å². The number of rotatable bonds is 5. The third kappa shape index (κ3) is 3.45. The lowest BCUT2D eigenvalue weighted by molar-refractivity contribution is 0.634. The Morgan fingerprint density at radius 2 is 2.11 bits per heavy atom. The Kier molecular flexibility index (Phi) is 4.59. The molecular weight excluding hydrogens is 242 g/mol. The van der Waals surface area contributed by atoms with E-state index < -0.39 is 0 Å². The van der Waals surface area contributed by atoms with Crippen molar-refractivity contribution in [3.8, 4) is 5.75 Å². The normalized spacial score (nSPS) is 14.3.